The summed E-state index contributed by atoms with van der Waals surface area (Å²) in [6.45, 7) is 3.70. The third kappa shape index (κ3) is 7.84. The van der Waals surface area contributed by atoms with E-state index in [0.29, 0.717) is 17.0 Å². The summed E-state index contributed by atoms with van der Waals surface area (Å²) in [6, 6.07) is 15.9. The van der Waals surface area contributed by atoms with E-state index >= 15 is 0 Å². The molecule has 0 radical (unpaired) electrons. The predicted octanol–water partition coefficient (Wildman–Crippen LogP) is 3.44. The van der Waals surface area contributed by atoms with Crippen molar-refractivity contribution < 1.29 is 22.7 Å². The minimum atomic E-state index is -4.00. The Kier molecular flexibility index (Phi) is 9.29. The van der Waals surface area contributed by atoms with Gasteiger partial charge in [-0.3, -0.25) is 9.10 Å². The molecule has 0 aromatic heterocycles. The van der Waals surface area contributed by atoms with Gasteiger partial charge in [-0.25, -0.2) is 8.42 Å². The van der Waals surface area contributed by atoms with Crippen molar-refractivity contribution in [2.24, 2.45) is 0 Å². The van der Waals surface area contributed by atoms with Gasteiger partial charge in [-0.05, 0) is 68.8 Å². The van der Waals surface area contributed by atoms with E-state index in [1.165, 1.54) is 4.31 Å². The van der Waals surface area contributed by atoms with Crippen molar-refractivity contribution in [3.05, 3.63) is 65.7 Å². The molecule has 2 aromatic carbocycles. The second-order valence-electron chi connectivity index (χ2n) is 8.35. The number of hydrogen-bond donors (Lipinski definition) is 0. The molecule has 1 heterocycles. The molecule has 1 aliphatic rings. The third-order valence-corrected chi connectivity index (χ3v) is 7.26. The molecule has 1 fully saturated rings. The summed E-state index contributed by atoms with van der Waals surface area (Å²) in [7, 11) is -1.91. The number of nitrogens with zero attached hydrogens (tertiary/aromatic N) is 3. The van der Waals surface area contributed by atoms with Crippen LogP contribution in [0.1, 0.15) is 30.9 Å². The number of likely N-dealkylation sites (tertiary alicyclic amines) is 1. The molecule has 0 amide bonds. The number of rotatable bonds is 10. The van der Waals surface area contributed by atoms with E-state index in [-0.39, 0.29) is 19.3 Å². The van der Waals surface area contributed by atoms with Crippen molar-refractivity contribution in [1.82, 2.24) is 4.90 Å². The Balaban J connectivity index is 1.78. The second kappa shape index (κ2) is 12.4. The van der Waals surface area contributed by atoms with E-state index < -0.39 is 21.7 Å². The first-order chi connectivity index (χ1) is 16.8. The van der Waals surface area contributed by atoms with Crippen molar-refractivity contribution in [3.8, 4) is 11.8 Å². The number of carbonyl (C=O) groups is 1. The Labute approximate surface area is 207 Å². The first-order valence-electron chi connectivity index (χ1n) is 11.6. The first kappa shape index (κ1) is 26.3. The van der Waals surface area contributed by atoms with Crippen LogP contribution in [0.2, 0.25) is 0 Å². The molecule has 0 atom stereocenters. The van der Waals surface area contributed by atoms with Crippen molar-refractivity contribution >= 4 is 27.8 Å². The number of sulfonamides is 1. The van der Waals surface area contributed by atoms with Crippen LogP contribution < -0.4 is 9.04 Å². The molecule has 3 rings (SSSR count). The summed E-state index contributed by atoms with van der Waals surface area (Å²) >= 11 is 0. The predicted molar refractivity (Wildman–Crippen MR) is 136 cm³/mol. The fraction of sp³-hybridized carbons (Fsp3) is 0.385. The topological polar surface area (TPSA) is 99.9 Å². The molecule has 0 saturated carbocycles. The van der Waals surface area contributed by atoms with Crippen LogP contribution in [0.3, 0.4) is 0 Å². The fourth-order valence-corrected chi connectivity index (χ4v) is 5.08. The monoisotopic (exact) mass is 497 g/mol. The molecule has 1 saturated heterocycles. The van der Waals surface area contributed by atoms with Crippen molar-refractivity contribution in [2.45, 2.75) is 25.9 Å². The van der Waals surface area contributed by atoms with E-state index in [1.807, 2.05) is 6.07 Å². The molecule has 0 bridgehead atoms. The minimum Gasteiger partial charge on any atom is -0.490 e. The Morgan fingerprint density at radius 1 is 1.20 bits per heavy atom. The number of carbonyl (C=O) groups excluding carboxylic acids is 1. The molecule has 35 heavy (non-hydrogen) atoms. The molecule has 0 N–H and O–H groups in total. The van der Waals surface area contributed by atoms with Crippen LogP contribution in [-0.2, 0) is 19.6 Å². The zero-order valence-electron chi connectivity index (χ0n) is 20.1. The van der Waals surface area contributed by atoms with Crippen molar-refractivity contribution in [2.75, 3.05) is 43.3 Å². The largest absolute Gasteiger partial charge is 0.490 e. The Morgan fingerprint density at radius 3 is 2.57 bits per heavy atom. The highest BCUT2D eigenvalue weighted by atomic mass is 32.2. The van der Waals surface area contributed by atoms with Gasteiger partial charge in [-0.1, -0.05) is 24.3 Å². The van der Waals surface area contributed by atoms with Gasteiger partial charge in [0.05, 0.1) is 30.5 Å². The van der Waals surface area contributed by atoms with Gasteiger partial charge in [-0.15, -0.1) is 0 Å². The molecule has 186 valence electrons. The lowest BCUT2D eigenvalue weighted by molar-refractivity contribution is -0.139. The van der Waals surface area contributed by atoms with E-state index in [9.17, 15) is 13.2 Å². The minimum absolute atomic E-state index is 0.00762. The summed E-state index contributed by atoms with van der Waals surface area (Å²) in [5, 5.41) is 9.08. The van der Waals surface area contributed by atoms with Crippen LogP contribution in [0.5, 0.6) is 5.75 Å². The number of benzene rings is 2. The Hall–Kier alpha value is -3.35. The maximum absolute atomic E-state index is 13.1. The molecule has 0 unspecified atom stereocenters. The lowest BCUT2D eigenvalue weighted by atomic mass is 10.1. The van der Waals surface area contributed by atoms with Gasteiger partial charge in [0.1, 0.15) is 11.9 Å². The molecule has 8 nitrogen and oxygen atoms in total. The number of esters is 1. The fourth-order valence-electron chi connectivity index (χ4n) is 3.79. The van der Waals surface area contributed by atoms with Crippen LogP contribution in [-0.4, -0.2) is 64.4 Å². The third-order valence-electron chi connectivity index (χ3n) is 5.63. The summed E-state index contributed by atoms with van der Waals surface area (Å²) in [4.78, 5) is 14.2. The van der Waals surface area contributed by atoms with Crippen LogP contribution in [0.25, 0.3) is 6.08 Å². The average Bonchev–Trinajstić information content (AvgIpc) is 2.84. The second-order valence-corrected chi connectivity index (χ2v) is 10.2. The van der Waals surface area contributed by atoms with Crippen LogP contribution in [0.15, 0.2) is 54.6 Å². The lowest BCUT2D eigenvalue weighted by Gasteiger charge is -2.29. The number of nitriles is 1. The first-order valence-corrected chi connectivity index (χ1v) is 13.2. The smallest absolute Gasteiger partial charge is 0.323 e. The zero-order chi connectivity index (χ0) is 25.3. The summed E-state index contributed by atoms with van der Waals surface area (Å²) in [6.07, 6.45) is 5.44. The van der Waals surface area contributed by atoms with Gasteiger partial charge in [0.15, 0.2) is 5.75 Å². The maximum Gasteiger partial charge on any atom is 0.323 e. The van der Waals surface area contributed by atoms with Crippen LogP contribution >= 0.6 is 0 Å². The summed E-state index contributed by atoms with van der Waals surface area (Å²) in [5.41, 5.74) is 1.70. The highest BCUT2D eigenvalue weighted by Crippen LogP contribution is 2.25. The number of ether oxygens (including phenoxy) is 2. The molecule has 2 aromatic rings. The lowest BCUT2D eigenvalue weighted by Crippen LogP contribution is -2.36. The number of hydrogen-bond acceptors (Lipinski definition) is 7. The van der Waals surface area contributed by atoms with Gasteiger partial charge in [0.2, 0.25) is 10.0 Å². The quantitative estimate of drug-likeness (QED) is 0.464. The molecular formula is C26H31N3O5S. The molecular weight excluding hydrogens is 466 g/mol. The summed E-state index contributed by atoms with van der Waals surface area (Å²) in [5.74, 6) is -0.882. The SMILES string of the molecule is CCOC(=O)CS(=O)(=O)N(CC=Cc1cccc(C#N)c1)c1ccc(OC2CCN(C)CC2)cc1. The van der Waals surface area contributed by atoms with E-state index in [1.54, 1.807) is 61.5 Å². The normalized spacial score (nSPS) is 15.0. The van der Waals surface area contributed by atoms with Crippen molar-refractivity contribution in [1.29, 1.82) is 5.26 Å². The van der Waals surface area contributed by atoms with E-state index in [2.05, 4.69) is 18.0 Å². The highest BCUT2D eigenvalue weighted by Gasteiger charge is 2.26. The Bertz CT molecular complexity index is 1160. The maximum atomic E-state index is 13.1. The summed E-state index contributed by atoms with van der Waals surface area (Å²) < 4.78 is 38.3. The molecule has 1 aliphatic heterocycles. The Morgan fingerprint density at radius 2 is 1.91 bits per heavy atom. The van der Waals surface area contributed by atoms with Gasteiger partial charge < -0.3 is 14.4 Å². The van der Waals surface area contributed by atoms with Crippen LogP contribution in [0, 0.1) is 11.3 Å². The highest BCUT2D eigenvalue weighted by molar-refractivity contribution is 7.93. The molecule has 9 heteroatoms. The van der Waals surface area contributed by atoms with Gasteiger partial charge >= 0.3 is 5.97 Å². The average molecular weight is 498 g/mol. The van der Waals surface area contributed by atoms with Gasteiger partial charge in [0.25, 0.3) is 0 Å². The van der Waals surface area contributed by atoms with Gasteiger partial charge in [0, 0.05) is 13.1 Å². The van der Waals surface area contributed by atoms with Crippen LogP contribution in [0.4, 0.5) is 5.69 Å². The molecule has 0 aliphatic carbocycles. The molecule has 0 spiro atoms. The number of piperidine rings is 1. The standard InChI is InChI=1S/C26H31N3O5S/c1-3-33-26(30)20-35(31,32)29(15-5-8-21-6-4-7-22(18-21)19-27)23-9-11-24(12-10-23)34-25-13-16-28(2)17-14-25/h4-12,18,25H,3,13-17,20H2,1-2H3. The van der Waals surface area contributed by atoms with E-state index in [4.69, 9.17) is 14.7 Å². The van der Waals surface area contributed by atoms with Crippen molar-refractivity contribution in [3.63, 3.8) is 0 Å². The number of anilines is 1. The van der Waals surface area contributed by atoms with Gasteiger partial charge in [-0.2, -0.15) is 5.26 Å². The zero-order valence-corrected chi connectivity index (χ0v) is 20.9. The van der Waals surface area contributed by atoms with E-state index in [0.717, 1.165) is 31.5 Å².